The Bertz CT molecular complexity index is 2560. The van der Waals surface area contributed by atoms with Gasteiger partial charge in [0, 0.05) is 44.3 Å². The molecule has 0 fully saturated rings. The molecule has 53 heavy (non-hydrogen) atoms. The summed E-state index contributed by atoms with van der Waals surface area (Å²) in [6.07, 6.45) is 0.972. The van der Waals surface area contributed by atoms with E-state index in [1.165, 1.54) is 12.1 Å². The Kier molecular flexibility index (Phi) is 9.72. The van der Waals surface area contributed by atoms with Crippen LogP contribution < -0.4 is 25.6 Å². The molecule has 284 valence electrons. The highest BCUT2D eigenvalue weighted by atomic mass is 35.5. The van der Waals surface area contributed by atoms with Gasteiger partial charge in [0.25, 0.3) is 10.1 Å². The van der Waals surface area contributed by atoms with Gasteiger partial charge in [-0.15, -0.1) is 11.8 Å². The molecule has 13 nitrogen and oxygen atoms in total. The van der Waals surface area contributed by atoms with E-state index >= 15 is 0 Å². The molecule has 3 aliphatic heterocycles. The smallest absolute Gasteiger partial charge is 0.337 e. The lowest BCUT2D eigenvalue weighted by atomic mass is 9.79. The first-order chi connectivity index (χ1) is 24.3. The number of aromatic carboxylic acids is 1. The van der Waals surface area contributed by atoms with Crippen LogP contribution in [0.1, 0.15) is 98.8 Å². The minimum atomic E-state index is -5.23. The number of rotatable bonds is 7. The van der Waals surface area contributed by atoms with Crippen LogP contribution in [0.2, 0.25) is 15.1 Å². The van der Waals surface area contributed by atoms with Crippen LogP contribution in [0.4, 0.5) is 5.69 Å². The highest BCUT2D eigenvalue weighted by Crippen LogP contribution is 2.54. The van der Waals surface area contributed by atoms with Gasteiger partial charge in [-0.1, -0.05) is 48.7 Å². The lowest BCUT2D eigenvalue weighted by molar-refractivity contribution is -0.590. The van der Waals surface area contributed by atoms with Crippen molar-refractivity contribution in [2.45, 2.75) is 92.0 Å². The SMILES string of the molecule is CC1CC(C)(C)Nc2c1cc1c(c2S(=O)(=O)O)Oc2c(S(=O)(=O)O)c3c(cc2=C1c1c(Cl)c(SCC(=O)O)c(Cl)c(Cl)c1C(=O)O)C(C)CC(C)(C)[NH+]=3. The van der Waals surface area contributed by atoms with Gasteiger partial charge in [-0.05, 0) is 63.6 Å². The van der Waals surface area contributed by atoms with Gasteiger partial charge in [-0.2, -0.15) is 16.8 Å². The maximum absolute atomic E-state index is 13.5. The third kappa shape index (κ3) is 6.79. The Morgan fingerprint density at radius 3 is 2.08 bits per heavy atom. The second-order valence-corrected chi connectivity index (χ2v) is 19.6. The van der Waals surface area contributed by atoms with E-state index in [0.717, 1.165) is 0 Å². The summed E-state index contributed by atoms with van der Waals surface area (Å²) in [5.74, 6) is -5.40. The molecule has 6 N–H and O–H groups in total. The standard InChI is InChI=1S/C34H33Cl3N2O11S3/c1-12-9-33(3,4)38-25-14(12)7-16-19(20-21(32(42)43)22(35)24(37)29(23(20)36)51-11-18(40)41)17-8-15-13(2)10-34(5,6)39-26(15)31(53(47,48)49)28(17)50-27(16)30(25)52(44,45)46/h7-8,12-13,38H,9-11H2,1-6H3,(H,40,41)(H,42,43)(H,44,45,46)(H,47,48,49)/p+1. The van der Waals surface area contributed by atoms with E-state index in [1.54, 1.807) is 0 Å². The Labute approximate surface area is 323 Å². The van der Waals surface area contributed by atoms with Gasteiger partial charge in [0.15, 0.2) is 21.9 Å². The van der Waals surface area contributed by atoms with Crippen molar-refractivity contribution in [1.82, 2.24) is 0 Å². The first kappa shape index (κ1) is 39.6. The van der Waals surface area contributed by atoms with Crippen molar-refractivity contribution in [3.63, 3.8) is 0 Å². The van der Waals surface area contributed by atoms with Gasteiger partial charge in [-0.25, -0.2) is 9.79 Å². The van der Waals surface area contributed by atoms with E-state index in [2.05, 4.69) is 10.3 Å². The third-order valence-corrected chi connectivity index (χ3v) is 13.9. The number of aliphatic carboxylic acids is 1. The highest BCUT2D eigenvalue weighted by Gasteiger charge is 2.44. The largest absolute Gasteiger partial charge is 0.481 e. The van der Waals surface area contributed by atoms with Crippen molar-refractivity contribution in [2.24, 2.45) is 0 Å². The van der Waals surface area contributed by atoms with Crippen LogP contribution in [0, 0.1) is 0 Å². The molecule has 0 bridgehead atoms. The Hall–Kier alpha value is -3.09. The molecule has 3 aromatic rings. The van der Waals surface area contributed by atoms with Crippen LogP contribution in [0.5, 0.6) is 11.5 Å². The first-order valence-electron chi connectivity index (χ1n) is 16.0. The highest BCUT2D eigenvalue weighted by molar-refractivity contribution is 8.00. The molecule has 0 spiro atoms. The molecule has 3 aliphatic rings. The third-order valence-electron chi connectivity index (χ3n) is 9.50. The first-order valence-corrected chi connectivity index (χ1v) is 21.0. The fourth-order valence-corrected chi connectivity index (χ4v) is 11.3. The minimum Gasteiger partial charge on any atom is -0.481 e. The number of anilines is 1. The van der Waals surface area contributed by atoms with E-state index in [9.17, 15) is 45.7 Å². The van der Waals surface area contributed by atoms with Crippen molar-refractivity contribution < 1.29 is 55.5 Å². The van der Waals surface area contributed by atoms with Crippen molar-refractivity contribution in [2.75, 3.05) is 11.1 Å². The summed E-state index contributed by atoms with van der Waals surface area (Å²) in [6.45, 7) is 10.9. The number of thioether (sulfide) groups is 1. The number of benzene rings is 3. The maximum atomic E-state index is 13.5. The van der Waals surface area contributed by atoms with Crippen molar-refractivity contribution in [3.8, 4) is 11.5 Å². The summed E-state index contributed by atoms with van der Waals surface area (Å²) in [4.78, 5) is 26.2. The molecule has 19 heteroatoms. The zero-order chi connectivity index (χ0) is 39.5. The molecule has 0 saturated heterocycles. The van der Waals surface area contributed by atoms with Crippen LogP contribution in [-0.2, 0) is 25.0 Å². The molecular weight excluding hydrogens is 815 g/mol. The average Bonchev–Trinajstić information content (AvgIpc) is 2.97. The molecule has 3 heterocycles. The summed E-state index contributed by atoms with van der Waals surface area (Å²) < 4.78 is 81.9. The van der Waals surface area contributed by atoms with E-state index in [0.29, 0.717) is 35.7 Å². The second-order valence-electron chi connectivity index (χ2n) is 14.8. The van der Waals surface area contributed by atoms with Crippen molar-refractivity contribution in [1.29, 1.82) is 0 Å². The predicted molar refractivity (Wildman–Crippen MR) is 198 cm³/mol. The lowest BCUT2D eigenvalue weighted by Gasteiger charge is -2.39. The summed E-state index contributed by atoms with van der Waals surface area (Å²) in [7, 11) is -10.5. The van der Waals surface area contributed by atoms with Crippen LogP contribution in [0.3, 0.4) is 0 Å². The van der Waals surface area contributed by atoms with E-state index < -0.39 is 85.9 Å². The number of hydrogen-bond donors (Lipinski definition) is 6. The number of hydrogen-bond acceptors (Lipinski definition) is 9. The van der Waals surface area contributed by atoms with E-state index in [4.69, 9.17) is 39.5 Å². The molecule has 2 unspecified atom stereocenters. The summed E-state index contributed by atoms with van der Waals surface area (Å²) in [5.41, 5.74) is -2.02. The minimum absolute atomic E-state index is 0.0338. The molecule has 0 radical (unpaired) electrons. The fraction of sp³-hybridized carbons (Fsp3) is 0.382. The zero-order valence-corrected chi connectivity index (χ0v) is 33.7. The molecule has 6 rings (SSSR count). The zero-order valence-electron chi connectivity index (χ0n) is 28.9. The summed E-state index contributed by atoms with van der Waals surface area (Å²) in [6, 6.07) is 3.08. The average molecular weight is 849 g/mol. The Morgan fingerprint density at radius 1 is 0.906 bits per heavy atom. The van der Waals surface area contributed by atoms with E-state index in [-0.39, 0.29) is 54.7 Å². The number of carboxylic acids is 2. The normalized spacial score (nSPS) is 19.8. The summed E-state index contributed by atoms with van der Waals surface area (Å²) in [5, 5.41) is 21.8. The predicted octanol–water partition coefficient (Wildman–Crippen LogP) is 5.05. The van der Waals surface area contributed by atoms with Crippen LogP contribution >= 0.6 is 46.6 Å². The van der Waals surface area contributed by atoms with Gasteiger partial charge in [0.1, 0.15) is 0 Å². The number of carboxylic acid groups (broad SMARTS) is 2. The van der Waals surface area contributed by atoms with Crippen LogP contribution in [0.15, 0.2) is 26.8 Å². The quantitative estimate of drug-likeness (QED) is 0.0816. The topological polar surface area (TPSA) is 219 Å². The molecule has 0 saturated carbocycles. The fourth-order valence-electron chi connectivity index (χ4n) is 7.80. The van der Waals surface area contributed by atoms with Gasteiger partial charge in [-0.3, -0.25) is 13.9 Å². The molecule has 3 aromatic carbocycles. The second kappa shape index (κ2) is 13.0. The molecule has 0 aliphatic carbocycles. The molecule has 0 amide bonds. The molecule has 0 aromatic heterocycles. The Morgan fingerprint density at radius 2 is 1.51 bits per heavy atom. The maximum Gasteiger partial charge on any atom is 0.337 e. The van der Waals surface area contributed by atoms with Gasteiger partial charge < -0.3 is 20.3 Å². The summed E-state index contributed by atoms with van der Waals surface area (Å²) >= 11 is 20.8. The van der Waals surface area contributed by atoms with Gasteiger partial charge in [0.05, 0.1) is 32.1 Å². The van der Waals surface area contributed by atoms with Crippen LogP contribution in [0.25, 0.3) is 5.57 Å². The van der Waals surface area contributed by atoms with Crippen LogP contribution in [-0.4, -0.2) is 64.9 Å². The lowest BCUT2D eigenvalue weighted by Crippen LogP contribution is -2.91. The molecular formula is C34H34Cl3N2O11S3+. The van der Waals surface area contributed by atoms with Gasteiger partial charge in [0.2, 0.25) is 10.3 Å². The number of ether oxygens (including phenoxy) is 1. The van der Waals surface area contributed by atoms with E-state index in [1.807, 2.05) is 41.5 Å². The van der Waals surface area contributed by atoms with Gasteiger partial charge >= 0.3 is 22.1 Å². The Balaban J connectivity index is 1.98. The number of nitrogens with one attached hydrogen (secondary N) is 2. The van der Waals surface area contributed by atoms with Crippen molar-refractivity contribution in [3.05, 3.63) is 65.6 Å². The number of fused-ring (bicyclic) bond motifs is 4. The van der Waals surface area contributed by atoms with Crippen molar-refractivity contribution >= 4 is 90.0 Å². The monoisotopic (exact) mass is 847 g/mol. The number of halogens is 3. The molecule has 2 atom stereocenters. The number of carbonyl (C=O) groups is 2.